The maximum Gasteiger partial charge on any atom is 0.412 e. The molecule has 0 radical (unpaired) electrons. The molecule has 0 aliphatic carbocycles. The Kier molecular flexibility index (Phi) is 6.75. The van der Waals surface area contributed by atoms with Gasteiger partial charge in [-0.05, 0) is 48.5 Å². The second kappa shape index (κ2) is 10.1. The fourth-order valence-electron chi connectivity index (χ4n) is 3.28. The highest BCUT2D eigenvalue weighted by atomic mass is 32.1. The standard InChI is InChI=1S/C25H23N3O4S/c1-30-20-13-9-18(10-14-20)26-24-28(19-11-15-21(31-2)16-12-19)22(17-7-5-4-6-8-17)23(33-24)27-25(29)32-3/h4-16H,1-3H3,(H,27,29). The monoisotopic (exact) mass is 461 g/mol. The number of methoxy groups -OCH3 is 3. The number of carbonyl (C=O) groups excluding carboxylic acids is 1. The Morgan fingerprint density at radius 2 is 1.45 bits per heavy atom. The van der Waals surface area contributed by atoms with Crippen LogP contribution in [0.1, 0.15) is 0 Å². The van der Waals surface area contributed by atoms with Crippen molar-refractivity contribution in [1.29, 1.82) is 0 Å². The lowest BCUT2D eigenvalue weighted by molar-refractivity contribution is 0.187. The van der Waals surface area contributed by atoms with E-state index in [-0.39, 0.29) is 0 Å². The van der Waals surface area contributed by atoms with Crippen molar-refractivity contribution in [3.05, 3.63) is 83.7 Å². The zero-order chi connectivity index (χ0) is 23.2. The summed E-state index contributed by atoms with van der Waals surface area (Å²) in [6.07, 6.45) is -0.550. The highest BCUT2D eigenvalue weighted by molar-refractivity contribution is 7.14. The van der Waals surface area contributed by atoms with Crippen LogP contribution >= 0.6 is 11.3 Å². The topological polar surface area (TPSA) is 74.1 Å². The van der Waals surface area contributed by atoms with E-state index in [1.54, 1.807) is 14.2 Å². The largest absolute Gasteiger partial charge is 0.497 e. The molecule has 0 aliphatic heterocycles. The first-order valence-corrected chi connectivity index (χ1v) is 10.9. The zero-order valence-electron chi connectivity index (χ0n) is 18.4. The third-order valence-electron chi connectivity index (χ3n) is 4.90. The van der Waals surface area contributed by atoms with Gasteiger partial charge < -0.3 is 14.2 Å². The average molecular weight is 462 g/mol. The minimum absolute atomic E-state index is 0.550. The van der Waals surface area contributed by atoms with E-state index in [1.165, 1.54) is 18.4 Å². The zero-order valence-corrected chi connectivity index (χ0v) is 19.3. The fourth-order valence-corrected chi connectivity index (χ4v) is 4.34. The van der Waals surface area contributed by atoms with E-state index >= 15 is 0 Å². The SMILES string of the molecule is COC(=O)Nc1sc(=Nc2ccc(OC)cc2)n(-c2ccc(OC)cc2)c1-c1ccccc1. The molecule has 0 fully saturated rings. The van der Waals surface area contributed by atoms with Gasteiger partial charge in [0.15, 0.2) is 4.80 Å². The van der Waals surface area contributed by atoms with Crippen molar-refractivity contribution in [3.63, 3.8) is 0 Å². The summed E-state index contributed by atoms with van der Waals surface area (Å²) in [5, 5.41) is 3.47. The van der Waals surface area contributed by atoms with Crippen LogP contribution in [0.25, 0.3) is 16.9 Å². The predicted octanol–water partition coefficient (Wildman–Crippen LogP) is 5.63. The van der Waals surface area contributed by atoms with Gasteiger partial charge in [0.25, 0.3) is 0 Å². The van der Waals surface area contributed by atoms with Gasteiger partial charge >= 0.3 is 6.09 Å². The van der Waals surface area contributed by atoms with Crippen molar-refractivity contribution in [2.45, 2.75) is 0 Å². The van der Waals surface area contributed by atoms with Crippen molar-refractivity contribution in [2.24, 2.45) is 4.99 Å². The first kappa shape index (κ1) is 22.2. The third kappa shape index (κ3) is 4.91. The number of nitrogens with zero attached hydrogens (tertiary/aromatic N) is 2. The van der Waals surface area contributed by atoms with Crippen molar-refractivity contribution < 1.29 is 19.0 Å². The maximum atomic E-state index is 12.1. The molecule has 0 atom stereocenters. The Balaban J connectivity index is 1.99. The Morgan fingerprint density at radius 3 is 2.03 bits per heavy atom. The molecule has 0 aliphatic rings. The van der Waals surface area contributed by atoms with E-state index in [9.17, 15) is 4.79 Å². The summed E-state index contributed by atoms with van der Waals surface area (Å²) in [4.78, 5) is 17.7. The van der Waals surface area contributed by atoms with Crippen molar-refractivity contribution >= 4 is 28.1 Å². The molecule has 0 saturated carbocycles. The van der Waals surface area contributed by atoms with Gasteiger partial charge in [-0.15, -0.1) is 0 Å². The molecule has 0 spiro atoms. The first-order valence-electron chi connectivity index (χ1n) is 10.1. The average Bonchev–Trinajstić information content (AvgIpc) is 3.22. The van der Waals surface area contributed by atoms with Crippen LogP contribution in [0.5, 0.6) is 11.5 Å². The number of hydrogen-bond donors (Lipinski definition) is 1. The van der Waals surface area contributed by atoms with Crippen LogP contribution in [0, 0.1) is 0 Å². The molecule has 7 nitrogen and oxygen atoms in total. The Hall–Kier alpha value is -4.04. The van der Waals surface area contributed by atoms with Gasteiger partial charge in [-0.1, -0.05) is 41.7 Å². The molecule has 4 rings (SSSR count). The number of benzene rings is 3. The molecule has 1 heterocycles. The van der Waals surface area contributed by atoms with Crippen LogP contribution in [0.3, 0.4) is 0 Å². The summed E-state index contributed by atoms with van der Waals surface area (Å²) in [5.74, 6) is 1.50. The van der Waals surface area contributed by atoms with Crippen molar-refractivity contribution in [1.82, 2.24) is 4.57 Å². The fraction of sp³-hybridized carbons (Fsp3) is 0.120. The minimum Gasteiger partial charge on any atom is -0.497 e. The molecule has 0 unspecified atom stereocenters. The molecule has 1 N–H and O–H groups in total. The van der Waals surface area contributed by atoms with Crippen LogP contribution in [-0.2, 0) is 4.74 Å². The lowest BCUT2D eigenvalue weighted by Gasteiger charge is -2.12. The Bertz CT molecular complexity index is 1290. The molecular formula is C25H23N3O4S. The second-order valence-corrected chi connectivity index (χ2v) is 7.87. The van der Waals surface area contributed by atoms with Gasteiger partial charge in [0.05, 0.1) is 32.7 Å². The quantitative estimate of drug-likeness (QED) is 0.404. The molecule has 8 heteroatoms. The number of nitrogens with one attached hydrogen (secondary N) is 1. The number of amides is 1. The molecule has 1 aromatic heterocycles. The smallest absolute Gasteiger partial charge is 0.412 e. The van der Waals surface area contributed by atoms with E-state index in [0.29, 0.717) is 9.80 Å². The van der Waals surface area contributed by atoms with Crippen LogP contribution < -0.4 is 19.6 Å². The van der Waals surface area contributed by atoms with Gasteiger partial charge in [-0.3, -0.25) is 9.88 Å². The van der Waals surface area contributed by atoms with Crippen LogP contribution in [-0.4, -0.2) is 32.0 Å². The predicted molar refractivity (Wildman–Crippen MR) is 130 cm³/mol. The lowest BCUT2D eigenvalue weighted by Crippen LogP contribution is -2.14. The highest BCUT2D eigenvalue weighted by Crippen LogP contribution is 2.34. The lowest BCUT2D eigenvalue weighted by atomic mass is 10.1. The summed E-state index contributed by atoms with van der Waals surface area (Å²) in [5.41, 5.74) is 3.34. The van der Waals surface area contributed by atoms with E-state index in [2.05, 4.69) is 5.32 Å². The van der Waals surface area contributed by atoms with Crippen LogP contribution in [0.2, 0.25) is 0 Å². The maximum absolute atomic E-state index is 12.1. The highest BCUT2D eigenvalue weighted by Gasteiger charge is 2.19. The first-order chi connectivity index (χ1) is 16.1. The summed E-state index contributed by atoms with van der Waals surface area (Å²) in [7, 11) is 4.59. The second-order valence-electron chi connectivity index (χ2n) is 6.89. The van der Waals surface area contributed by atoms with Crippen LogP contribution in [0.4, 0.5) is 15.5 Å². The summed E-state index contributed by atoms with van der Waals surface area (Å²) in [6.45, 7) is 0. The number of carbonyl (C=O) groups is 1. The van der Waals surface area contributed by atoms with Crippen molar-refractivity contribution in [2.75, 3.05) is 26.6 Å². The molecule has 4 aromatic rings. The number of aromatic nitrogens is 1. The van der Waals surface area contributed by atoms with Gasteiger partial charge in [-0.2, -0.15) is 0 Å². The number of thiazole rings is 1. The van der Waals surface area contributed by atoms with E-state index < -0.39 is 6.09 Å². The van der Waals surface area contributed by atoms with Gasteiger partial charge in [0.1, 0.15) is 16.5 Å². The van der Waals surface area contributed by atoms with E-state index in [1.807, 2.05) is 83.4 Å². The molecule has 168 valence electrons. The Morgan fingerprint density at radius 1 is 0.848 bits per heavy atom. The minimum atomic E-state index is -0.550. The molecule has 33 heavy (non-hydrogen) atoms. The normalized spacial score (nSPS) is 11.2. The van der Waals surface area contributed by atoms with Gasteiger partial charge in [-0.25, -0.2) is 9.79 Å². The van der Waals surface area contributed by atoms with E-state index in [4.69, 9.17) is 19.2 Å². The molecule has 3 aromatic carbocycles. The summed E-state index contributed by atoms with van der Waals surface area (Å²) < 4.78 is 17.4. The molecule has 0 bridgehead atoms. The molecular weight excluding hydrogens is 438 g/mol. The molecule has 1 amide bonds. The van der Waals surface area contributed by atoms with Gasteiger partial charge in [0, 0.05) is 11.3 Å². The summed E-state index contributed by atoms with van der Waals surface area (Å²) in [6, 6.07) is 25.0. The summed E-state index contributed by atoms with van der Waals surface area (Å²) >= 11 is 1.36. The Labute approximate surface area is 195 Å². The molecule has 0 saturated heterocycles. The van der Waals surface area contributed by atoms with E-state index in [0.717, 1.165) is 34.1 Å². The number of rotatable bonds is 6. The number of anilines is 1. The van der Waals surface area contributed by atoms with Crippen LogP contribution in [0.15, 0.2) is 83.9 Å². The number of hydrogen-bond acceptors (Lipinski definition) is 6. The van der Waals surface area contributed by atoms with Gasteiger partial charge in [0.2, 0.25) is 0 Å². The number of ether oxygens (including phenoxy) is 3. The van der Waals surface area contributed by atoms with Crippen molar-refractivity contribution in [3.8, 4) is 28.4 Å². The third-order valence-corrected chi connectivity index (χ3v) is 5.86.